The summed E-state index contributed by atoms with van der Waals surface area (Å²) in [6, 6.07) is 26.2. The van der Waals surface area contributed by atoms with E-state index in [4.69, 9.17) is 4.98 Å². The second kappa shape index (κ2) is 9.16. The number of aryl methyl sites for hydroxylation is 1. The molecule has 0 spiro atoms. The fourth-order valence-corrected chi connectivity index (χ4v) is 4.63. The molecular formula is C30H34N2. The van der Waals surface area contributed by atoms with Gasteiger partial charge in [-0.05, 0) is 57.7 Å². The van der Waals surface area contributed by atoms with Crippen molar-refractivity contribution in [3.05, 3.63) is 90.8 Å². The van der Waals surface area contributed by atoms with Crippen molar-refractivity contribution in [2.24, 2.45) is 13.0 Å². The Balaban J connectivity index is 0.000000775. The molecule has 0 bridgehead atoms. The van der Waals surface area contributed by atoms with Gasteiger partial charge >= 0.3 is 0 Å². The summed E-state index contributed by atoms with van der Waals surface area (Å²) in [7, 11) is 2.09. The van der Waals surface area contributed by atoms with E-state index >= 15 is 0 Å². The summed E-state index contributed by atoms with van der Waals surface area (Å²) in [5.41, 5.74) is 7.95. The normalized spacial score (nSPS) is 19.2. The maximum absolute atomic E-state index is 4.75. The Morgan fingerprint density at radius 1 is 0.875 bits per heavy atom. The van der Waals surface area contributed by atoms with Gasteiger partial charge in [0.05, 0.1) is 0 Å². The summed E-state index contributed by atoms with van der Waals surface area (Å²) in [6.07, 6.45) is 6.40. The third kappa shape index (κ3) is 4.14. The Bertz CT molecular complexity index is 1170. The van der Waals surface area contributed by atoms with Crippen LogP contribution in [0.25, 0.3) is 33.6 Å². The van der Waals surface area contributed by atoms with Gasteiger partial charge in [0.1, 0.15) is 5.82 Å². The van der Waals surface area contributed by atoms with Gasteiger partial charge < -0.3 is 4.57 Å². The summed E-state index contributed by atoms with van der Waals surface area (Å²) in [6.45, 7) is 9.02. The highest BCUT2D eigenvalue weighted by Crippen LogP contribution is 2.58. The highest BCUT2D eigenvalue weighted by atomic mass is 15.0. The maximum Gasteiger partial charge on any atom is 0.139 e. The van der Waals surface area contributed by atoms with Crippen molar-refractivity contribution >= 4 is 0 Å². The fourth-order valence-electron chi connectivity index (χ4n) is 4.63. The number of hydrogen-bond donors (Lipinski definition) is 0. The predicted octanol–water partition coefficient (Wildman–Crippen LogP) is 8.13. The summed E-state index contributed by atoms with van der Waals surface area (Å²) in [5, 5.41) is 0. The van der Waals surface area contributed by atoms with Gasteiger partial charge in [0, 0.05) is 25.0 Å². The van der Waals surface area contributed by atoms with E-state index in [9.17, 15) is 0 Å². The van der Waals surface area contributed by atoms with E-state index in [2.05, 4.69) is 112 Å². The summed E-state index contributed by atoms with van der Waals surface area (Å²) >= 11 is 0. The summed E-state index contributed by atoms with van der Waals surface area (Å²) in [4.78, 5) is 4.75. The minimum atomic E-state index is 0.182. The van der Waals surface area contributed by atoms with E-state index in [-0.39, 0.29) is 5.41 Å². The molecule has 32 heavy (non-hydrogen) atoms. The molecule has 164 valence electrons. The monoisotopic (exact) mass is 422 g/mol. The van der Waals surface area contributed by atoms with Crippen LogP contribution in [0.1, 0.15) is 46.1 Å². The van der Waals surface area contributed by atoms with Crippen LogP contribution in [0, 0.1) is 5.92 Å². The maximum atomic E-state index is 4.75. The predicted molar refractivity (Wildman–Crippen MR) is 137 cm³/mol. The molecule has 3 aromatic carbocycles. The molecule has 1 heterocycles. The molecule has 4 aromatic rings. The van der Waals surface area contributed by atoms with E-state index in [0.717, 1.165) is 5.82 Å². The third-order valence-corrected chi connectivity index (χ3v) is 6.62. The molecule has 2 atom stereocenters. The number of rotatable bonds is 4. The molecule has 2 nitrogen and oxygen atoms in total. The lowest BCUT2D eigenvalue weighted by molar-refractivity contribution is 0.704. The van der Waals surface area contributed by atoms with E-state index in [1.807, 2.05) is 12.4 Å². The first kappa shape index (κ1) is 22.1. The van der Waals surface area contributed by atoms with Gasteiger partial charge in [0.2, 0.25) is 0 Å². The largest absolute Gasteiger partial charge is 0.334 e. The lowest BCUT2D eigenvalue weighted by Crippen LogP contribution is -2.10. The summed E-state index contributed by atoms with van der Waals surface area (Å²) in [5.74, 6) is 1.71. The molecule has 0 radical (unpaired) electrons. The van der Waals surface area contributed by atoms with Gasteiger partial charge in [-0.2, -0.15) is 0 Å². The first-order chi connectivity index (χ1) is 15.5. The van der Waals surface area contributed by atoms with Crippen LogP contribution in [0.15, 0.2) is 85.2 Å². The molecule has 1 aromatic heterocycles. The lowest BCUT2D eigenvalue weighted by atomic mass is 9.82. The quantitative estimate of drug-likeness (QED) is 0.324. The number of nitrogens with zero attached hydrogens (tertiary/aromatic N) is 2. The Morgan fingerprint density at radius 2 is 1.41 bits per heavy atom. The van der Waals surface area contributed by atoms with Gasteiger partial charge in [-0.3, -0.25) is 0 Å². The van der Waals surface area contributed by atoms with Crippen molar-refractivity contribution in [2.75, 3.05) is 0 Å². The second-order valence-electron chi connectivity index (χ2n) is 9.27. The molecule has 1 saturated carbocycles. The van der Waals surface area contributed by atoms with Crippen LogP contribution in [0.2, 0.25) is 0 Å². The van der Waals surface area contributed by atoms with Crippen molar-refractivity contribution in [2.45, 2.75) is 46.0 Å². The average Bonchev–Trinajstić information content (AvgIpc) is 3.21. The van der Waals surface area contributed by atoms with Crippen LogP contribution in [-0.2, 0) is 12.5 Å². The average molecular weight is 423 g/mol. The Kier molecular flexibility index (Phi) is 6.32. The van der Waals surface area contributed by atoms with Crippen molar-refractivity contribution in [1.82, 2.24) is 9.55 Å². The van der Waals surface area contributed by atoms with Crippen LogP contribution in [0.4, 0.5) is 0 Å². The SMILES string of the molecule is CCC.C[C@H]1CC1(C)c1c(-c2ccccc2)cc(-c2ccccc2)cc1-c1nccn1C. The van der Waals surface area contributed by atoms with E-state index in [1.165, 1.54) is 46.2 Å². The number of benzene rings is 3. The molecule has 0 N–H and O–H groups in total. The molecule has 1 fully saturated rings. The van der Waals surface area contributed by atoms with Crippen molar-refractivity contribution in [1.29, 1.82) is 0 Å². The smallest absolute Gasteiger partial charge is 0.139 e. The lowest BCUT2D eigenvalue weighted by Gasteiger charge is -2.23. The molecule has 2 heteroatoms. The van der Waals surface area contributed by atoms with Gasteiger partial charge in [-0.15, -0.1) is 0 Å². The highest BCUT2D eigenvalue weighted by Gasteiger charge is 2.50. The molecule has 1 unspecified atom stereocenters. The van der Waals surface area contributed by atoms with Gasteiger partial charge in [-0.25, -0.2) is 4.98 Å². The molecule has 0 amide bonds. The topological polar surface area (TPSA) is 17.8 Å². The molecular weight excluding hydrogens is 388 g/mol. The molecule has 0 saturated heterocycles. The Morgan fingerprint density at radius 3 is 1.91 bits per heavy atom. The fraction of sp³-hybridized carbons (Fsp3) is 0.300. The zero-order valence-corrected chi connectivity index (χ0v) is 20.0. The van der Waals surface area contributed by atoms with Crippen molar-refractivity contribution in [3.8, 4) is 33.6 Å². The number of aromatic nitrogens is 2. The van der Waals surface area contributed by atoms with Crippen LogP contribution in [-0.4, -0.2) is 9.55 Å². The van der Waals surface area contributed by atoms with Crippen LogP contribution >= 0.6 is 0 Å². The van der Waals surface area contributed by atoms with Crippen LogP contribution < -0.4 is 0 Å². The van der Waals surface area contributed by atoms with Crippen molar-refractivity contribution in [3.63, 3.8) is 0 Å². The third-order valence-electron chi connectivity index (χ3n) is 6.62. The molecule has 1 aliphatic carbocycles. The molecule has 1 aliphatic rings. The zero-order chi connectivity index (χ0) is 22.7. The number of imidazole rings is 1. The molecule has 5 rings (SSSR count). The van der Waals surface area contributed by atoms with E-state index < -0.39 is 0 Å². The van der Waals surface area contributed by atoms with Gasteiger partial charge in [-0.1, -0.05) is 94.8 Å². The van der Waals surface area contributed by atoms with E-state index in [0.29, 0.717) is 5.92 Å². The van der Waals surface area contributed by atoms with Crippen molar-refractivity contribution < 1.29 is 0 Å². The van der Waals surface area contributed by atoms with E-state index in [1.54, 1.807) is 0 Å². The second-order valence-corrected chi connectivity index (χ2v) is 9.27. The van der Waals surface area contributed by atoms with Gasteiger partial charge in [0.15, 0.2) is 0 Å². The minimum Gasteiger partial charge on any atom is -0.334 e. The van der Waals surface area contributed by atoms with Crippen LogP contribution in [0.5, 0.6) is 0 Å². The van der Waals surface area contributed by atoms with Gasteiger partial charge in [0.25, 0.3) is 0 Å². The molecule has 0 aliphatic heterocycles. The first-order valence-electron chi connectivity index (χ1n) is 11.8. The zero-order valence-electron chi connectivity index (χ0n) is 20.0. The first-order valence-corrected chi connectivity index (χ1v) is 11.8. The minimum absolute atomic E-state index is 0.182. The highest BCUT2D eigenvalue weighted by molar-refractivity contribution is 5.85. The van der Waals surface area contributed by atoms with Crippen LogP contribution in [0.3, 0.4) is 0 Å². The summed E-state index contributed by atoms with van der Waals surface area (Å²) < 4.78 is 2.14. The Hall–Kier alpha value is -3.13. The Labute approximate surface area is 193 Å². The standard InChI is InChI=1S/C27H26N2.C3H8/c1-19-18-27(19,2)25-23(21-12-8-5-9-13-21)16-22(20-10-6-4-7-11-20)17-24(25)26-28-14-15-29(26)3;1-3-2/h4-17,19H,18H2,1-3H3;3H2,1-2H3/t19-,27?;/m0./s1. The number of hydrogen-bond acceptors (Lipinski definition) is 1.